The Morgan fingerprint density at radius 1 is 1.11 bits per heavy atom. The van der Waals surface area contributed by atoms with Crippen LogP contribution in [0.15, 0.2) is 53.8 Å². The lowest BCUT2D eigenvalue weighted by atomic mass is 9.81. The van der Waals surface area contributed by atoms with Crippen molar-refractivity contribution in [2.24, 2.45) is 5.16 Å². The summed E-state index contributed by atoms with van der Waals surface area (Å²) in [4.78, 5) is 34.5. The molecular weight excluding hydrogens is 442 g/mol. The fourth-order valence-electron chi connectivity index (χ4n) is 5.21. The molecule has 4 heterocycles. The molecule has 0 radical (unpaired) electrons. The van der Waals surface area contributed by atoms with E-state index in [9.17, 15) is 4.79 Å². The van der Waals surface area contributed by atoms with Gasteiger partial charge in [0.05, 0.1) is 35.3 Å². The second-order valence-electron chi connectivity index (χ2n) is 9.27. The Labute approximate surface area is 201 Å². The number of benzene rings is 2. The van der Waals surface area contributed by atoms with Gasteiger partial charge in [-0.05, 0) is 45.0 Å². The Bertz CT molecular complexity index is 1680. The molecule has 0 aliphatic carbocycles. The maximum atomic E-state index is 11.8. The van der Waals surface area contributed by atoms with E-state index in [0.29, 0.717) is 17.6 Å². The van der Waals surface area contributed by atoms with Crippen molar-refractivity contribution in [3.8, 4) is 17.0 Å². The van der Waals surface area contributed by atoms with Crippen LogP contribution >= 0.6 is 0 Å². The Morgan fingerprint density at radius 3 is 2.69 bits per heavy atom. The number of H-pyrrole nitrogens is 1. The van der Waals surface area contributed by atoms with Crippen LogP contribution in [0.3, 0.4) is 0 Å². The highest BCUT2D eigenvalue weighted by Gasteiger charge is 2.42. The van der Waals surface area contributed by atoms with Crippen LogP contribution in [0.1, 0.15) is 42.9 Å². The molecule has 0 spiro atoms. The third-order valence-electron chi connectivity index (χ3n) is 6.68. The van der Waals surface area contributed by atoms with E-state index in [2.05, 4.69) is 31.2 Å². The molecule has 1 aliphatic heterocycles. The second kappa shape index (κ2) is 7.59. The van der Waals surface area contributed by atoms with E-state index in [0.717, 1.165) is 49.8 Å². The SMILES string of the molecule is COc1cc2c(cc1C1C(C)=NOC1(C)C)[nH]c1nc(C=O)nc(-c3ccnc4ccccc34)c12. The van der Waals surface area contributed by atoms with Crippen molar-refractivity contribution in [2.45, 2.75) is 32.3 Å². The quantitative estimate of drug-likeness (QED) is 0.356. The number of para-hydroxylation sites is 1. The summed E-state index contributed by atoms with van der Waals surface area (Å²) in [6, 6.07) is 13.9. The molecule has 0 saturated carbocycles. The molecule has 1 aliphatic rings. The van der Waals surface area contributed by atoms with E-state index >= 15 is 0 Å². The number of nitrogens with one attached hydrogen (secondary N) is 1. The van der Waals surface area contributed by atoms with Gasteiger partial charge in [0.2, 0.25) is 0 Å². The first-order valence-electron chi connectivity index (χ1n) is 11.3. The van der Waals surface area contributed by atoms with Crippen molar-refractivity contribution in [1.29, 1.82) is 0 Å². The molecule has 3 aromatic heterocycles. The van der Waals surface area contributed by atoms with Crippen LogP contribution in [0.4, 0.5) is 0 Å². The number of aldehydes is 1. The molecule has 0 amide bonds. The molecule has 5 aromatic rings. The minimum Gasteiger partial charge on any atom is -0.496 e. The first kappa shape index (κ1) is 21.2. The van der Waals surface area contributed by atoms with Gasteiger partial charge in [-0.25, -0.2) is 9.97 Å². The van der Waals surface area contributed by atoms with Crippen LogP contribution < -0.4 is 4.74 Å². The maximum absolute atomic E-state index is 11.8. The van der Waals surface area contributed by atoms with Gasteiger partial charge in [-0.3, -0.25) is 9.78 Å². The maximum Gasteiger partial charge on any atom is 0.195 e. The number of carbonyl (C=O) groups is 1. The standard InChI is InChI=1S/C27H23N5O3/c1-14-24(27(2,3)35-32-14)18-11-20-17(12-21(18)34-4)23-25(30-22(13-33)31-26(23)29-20)16-9-10-28-19-8-6-5-7-15(16)19/h5-13,24H,1-4H3,(H,29,30,31). The highest BCUT2D eigenvalue weighted by molar-refractivity contribution is 6.15. The second-order valence-corrected chi connectivity index (χ2v) is 9.27. The first-order valence-corrected chi connectivity index (χ1v) is 11.3. The molecule has 0 saturated heterocycles. The molecule has 8 heteroatoms. The van der Waals surface area contributed by atoms with Gasteiger partial charge in [0.25, 0.3) is 0 Å². The fraction of sp³-hybridized carbons (Fsp3) is 0.222. The number of carbonyl (C=O) groups excluding carboxylic acids is 1. The third-order valence-corrected chi connectivity index (χ3v) is 6.68. The van der Waals surface area contributed by atoms with Gasteiger partial charge < -0.3 is 14.6 Å². The van der Waals surface area contributed by atoms with E-state index in [1.54, 1.807) is 13.3 Å². The fourth-order valence-corrected chi connectivity index (χ4v) is 5.21. The minimum atomic E-state index is -0.511. The van der Waals surface area contributed by atoms with Crippen LogP contribution in [-0.2, 0) is 4.84 Å². The summed E-state index contributed by atoms with van der Waals surface area (Å²) in [7, 11) is 1.66. The van der Waals surface area contributed by atoms with Gasteiger partial charge in [0, 0.05) is 33.6 Å². The molecule has 35 heavy (non-hydrogen) atoms. The van der Waals surface area contributed by atoms with Crippen LogP contribution in [0.25, 0.3) is 44.1 Å². The zero-order valence-corrected chi connectivity index (χ0v) is 19.8. The lowest BCUT2D eigenvalue weighted by Crippen LogP contribution is -2.30. The normalized spacial score (nSPS) is 17.0. The van der Waals surface area contributed by atoms with Crippen molar-refractivity contribution in [3.05, 3.63) is 60.0 Å². The van der Waals surface area contributed by atoms with Crippen LogP contribution in [0, 0.1) is 0 Å². The summed E-state index contributed by atoms with van der Waals surface area (Å²) >= 11 is 0. The predicted molar refractivity (Wildman–Crippen MR) is 135 cm³/mol. The molecule has 174 valence electrons. The Balaban J connectivity index is 1.69. The van der Waals surface area contributed by atoms with Crippen LogP contribution in [-0.4, -0.2) is 44.6 Å². The average molecular weight is 466 g/mol. The van der Waals surface area contributed by atoms with Gasteiger partial charge in [-0.2, -0.15) is 0 Å². The summed E-state index contributed by atoms with van der Waals surface area (Å²) in [5.74, 6) is 0.760. The number of ether oxygens (including phenoxy) is 1. The predicted octanol–water partition coefficient (Wildman–Crippen LogP) is 5.42. The van der Waals surface area contributed by atoms with E-state index in [1.807, 2.05) is 57.2 Å². The van der Waals surface area contributed by atoms with Gasteiger partial charge in [0.15, 0.2) is 12.1 Å². The molecule has 6 rings (SSSR count). The highest BCUT2D eigenvalue weighted by atomic mass is 16.7. The lowest BCUT2D eigenvalue weighted by Gasteiger charge is -2.26. The summed E-state index contributed by atoms with van der Waals surface area (Å²) in [5, 5.41) is 6.90. The Hall–Kier alpha value is -4.33. The summed E-state index contributed by atoms with van der Waals surface area (Å²) < 4.78 is 5.86. The summed E-state index contributed by atoms with van der Waals surface area (Å²) in [5.41, 5.74) is 5.18. The van der Waals surface area contributed by atoms with Crippen molar-refractivity contribution < 1.29 is 14.4 Å². The number of rotatable bonds is 4. The van der Waals surface area contributed by atoms with Gasteiger partial charge in [-0.1, -0.05) is 23.4 Å². The van der Waals surface area contributed by atoms with Crippen molar-refractivity contribution in [2.75, 3.05) is 7.11 Å². The zero-order chi connectivity index (χ0) is 24.3. The van der Waals surface area contributed by atoms with Crippen molar-refractivity contribution in [3.63, 3.8) is 0 Å². The number of hydrogen-bond acceptors (Lipinski definition) is 7. The number of aromatic nitrogens is 4. The number of aromatic amines is 1. The molecule has 1 unspecified atom stereocenters. The van der Waals surface area contributed by atoms with Crippen LogP contribution in [0.2, 0.25) is 0 Å². The van der Waals surface area contributed by atoms with E-state index in [1.165, 1.54) is 0 Å². The number of nitrogens with zero attached hydrogens (tertiary/aromatic N) is 4. The first-order chi connectivity index (χ1) is 16.9. The number of pyridine rings is 1. The number of hydrogen-bond donors (Lipinski definition) is 1. The van der Waals surface area contributed by atoms with E-state index in [4.69, 9.17) is 9.57 Å². The molecule has 1 atom stereocenters. The van der Waals surface area contributed by atoms with E-state index < -0.39 is 5.60 Å². The molecular formula is C27H23N5O3. The monoisotopic (exact) mass is 465 g/mol. The molecule has 1 N–H and O–H groups in total. The Morgan fingerprint density at radius 2 is 1.94 bits per heavy atom. The smallest absolute Gasteiger partial charge is 0.195 e. The van der Waals surface area contributed by atoms with Gasteiger partial charge in [0.1, 0.15) is 17.0 Å². The molecule has 0 fully saturated rings. The topological polar surface area (TPSA) is 102 Å². The van der Waals surface area contributed by atoms with Gasteiger partial charge >= 0.3 is 0 Å². The minimum absolute atomic E-state index is 0.0755. The van der Waals surface area contributed by atoms with Crippen molar-refractivity contribution >= 4 is 44.8 Å². The average Bonchev–Trinajstić information content (AvgIpc) is 3.36. The van der Waals surface area contributed by atoms with Crippen LogP contribution in [0.5, 0.6) is 5.75 Å². The summed E-state index contributed by atoms with van der Waals surface area (Å²) in [6.07, 6.45) is 2.42. The number of oxime groups is 1. The number of methoxy groups -OCH3 is 1. The largest absolute Gasteiger partial charge is 0.496 e. The molecule has 0 bridgehead atoms. The number of fused-ring (bicyclic) bond motifs is 4. The summed E-state index contributed by atoms with van der Waals surface area (Å²) in [6.45, 7) is 5.99. The van der Waals surface area contributed by atoms with Crippen molar-refractivity contribution in [1.82, 2.24) is 19.9 Å². The van der Waals surface area contributed by atoms with Gasteiger partial charge in [-0.15, -0.1) is 0 Å². The highest BCUT2D eigenvalue weighted by Crippen LogP contribution is 2.44. The zero-order valence-electron chi connectivity index (χ0n) is 19.8. The molecule has 2 aromatic carbocycles. The molecule has 8 nitrogen and oxygen atoms in total. The third kappa shape index (κ3) is 3.17. The Kier molecular flexibility index (Phi) is 4.60. The lowest BCUT2D eigenvalue weighted by molar-refractivity contribution is 0.00156. The van der Waals surface area contributed by atoms with E-state index in [-0.39, 0.29) is 11.7 Å².